The zero-order valence-corrected chi connectivity index (χ0v) is 18.5. The van der Waals surface area contributed by atoms with Crippen molar-refractivity contribution in [1.29, 1.82) is 0 Å². The number of benzene rings is 1. The molecular formula is C23H37ClN2O3. The summed E-state index contributed by atoms with van der Waals surface area (Å²) in [5.41, 5.74) is 0. The van der Waals surface area contributed by atoms with Gasteiger partial charge in [0.25, 0.3) is 0 Å². The van der Waals surface area contributed by atoms with Gasteiger partial charge in [-0.2, -0.15) is 0 Å². The first kappa shape index (κ1) is 24.0. The molecular weight excluding hydrogens is 388 g/mol. The Morgan fingerprint density at radius 3 is 2.38 bits per heavy atom. The Kier molecular flexibility index (Phi) is 11.4. The van der Waals surface area contributed by atoms with E-state index in [1.54, 1.807) is 36.2 Å². The molecule has 0 heterocycles. The minimum Gasteiger partial charge on any atom is -0.410 e. The quantitative estimate of drug-likeness (QED) is 0.457. The van der Waals surface area contributed by atoms with Crippen LogP contribution in [0.25, 0.3) is 0 Å². The highest BCUT2D eigenvalue weighted by Crippen LogP contribution is 2.32. The van der Waals surface area contributed by atoms with E-state index in [9.17, 15) is 4.79 Å². The van der Waals surface area contributed by atoms with Gasteiger partial charge in [0.15, 0.2) is 0 Å². The lowest BCUT2D eigenvalue weighted by atomic mass is 9.79. The SMILES string of the molecule is CN(CCC1CCC(CCNCCCCCO)CC1)C(=O)Oc1ccc(Cl)cc1. The summed E-state index contributed by atoms with van der Waals surface area (Å²) in [6.45, 7) is 3.21. The Morgan fingerprint density at radius 1 is 1.07 bits per heavy atom. The Balaban J connectivity index is 1.53. The zero-order chi connectivity index (χ0) is 20.9. The maximum atomic E-state index is 12.2. The third-order valence-corrected chi connectivity index (χ3v) is 6.16. The van der Waals surface area contributed by atoms with Crippen molar-refractivity contribution in [3.8, 4) is 5.75 Å². The number of halogens is 1. The van der Waals surface area contributed by atoms with Crippen molar-refractivity contribution in [2.75, 3.05) is 33.3 Å². The van der Waals surface area contributed by atoms with Crippen LogP contribution < -0.4 is 10.1 Å². The smallest absolute Gasteiger partial charge is 0.410 e. The van der Waals surface area contributed by atoms with Crippen LogP contribution >= 0.6 is 11.6 Å². The predicted molar refractivity (Wildman–Crippen MR) is 119 cm³/mol. The molecule has 1 fully saturated rings. The summed E-state index contributed by atoms with van der Waals surface area (Å²) >= 11 is 5.85. The molecule has 0 atom stereocenters. The number of carbonyl (C=O) groups is 1. The first-order chi connectivity index (χ1) is 14.1. The van der Waals surface area contributed by atoms with Crippen LogP contribution in [0, 0.1) is 11.8 Å². The molecule has 0 spiro atoms. The van der Waals surface area contributed by atoms with Gasteiger partial charge in [0, 0.05) is 25.2 Å². The minimum absolute atomic E-state index is 0.308. The van der Waals surface area contributed by atoms with Gasteiger partial charge in [-0.25, -0.2) is 4.79 Å². The normalized spacial score (nSPS) is 19.1. The third kappa shape index (κ3) is 9.83. The number of ether oxygens (including phenoxy) is 1. The largest absolute Gasteiger partial charge is 0.414 e. The number of nitrogens with one attached hydrogen (secondary N) is 1. The predicted octanol–water partition coefficient (Wildman–Crippen LogP) is 5.11. The summed E-state index contributed by atoms with van der Waals surface area (Å²) in [5.74, 6) is 2.07. The van der Waals surface area contributed by atoms with Crippen molar-refractivity contribution < 1.29 is 14.6 Å². The van der Waals surface area contributed by atoms with E-state index in [1.165, 1.54) is 32.1 Å². The van der Waals surface area contributed by atoms with E-state index in [0.717, 1.165) is 51.2 Å². The van der Waals surface area contributed by atoms with Gasteiger partial charge in [0.2, 0.25) is 0 Å². The van der Waals surface area contributed by atoms with E-state index < -0.39 is 0 Å². The molecule has 164 valence electrons. The molecule has 1 aromatic carbocycles. The van der Waals surface area contributed by atoms with E-state index in [-0.39, 0.29) is 6.09 Å². The van der Waals surface area contributed by atoms with Crippen molar-refractivity contribution in [2.45, 2.75) is 57.8 Å². The van der Waals surface area contributed by atoms with Gasteiger partial charge in [0.1, 0.15) is 5.75 Å². The minimum atomic E-state index is -0.314. The molecule has 0 aliphatic heterocycles. The van der Waals surface area contributed by atoms with E-state index in [2.05, 4.69) is 5.32 Å². The fraction of sp³-hybridized carbons (Fsp3) is 0.696. The molecule has 6 heteroatoms. The van der Waals surface area contributed by atoms with Gasteiger partial charge >= 0.3 is 6.09 Å². The number of aliphatic hydroxyl groups excluding tert-OH is 1. The monoisotopic (exact) mass is 424 g/mol. The van der Waals surface area contributed by atoms with E-state index in [4.69, 9.17) is 21.4 Å². The van der Waals surface area contributed by atoms with Crippen molar-refractivity contribution in [3.63, 3.8) is 0 Å². The lowest BCUT2D eigenvalue weighted by Gasteiger charge is -2.29. The number of hydrogen-bond donors (Lipinski definition) is 2. The average molecular weight is 425 g/mol. The second-order valence-electron chi connectivity index (χ2n) is 8.24. The van der Waals surface area contributed by atoms with Crippen molar-refractivity contribution >= 4 is 17.7 Å². The molecule has 2 N–H and O–H groups in total. The van der Waals surface area contributed by atoms with Gasteiger partial charge in [0.05, 0.1) is 0 Å². The van der Waals surface area contributed by atoms with Crippen LogP contribution in [0.3, 0.4) is 0 Å². The molecule has 5 nitrogen and oxygen atoms in total. The fourth-order valence-corrected chi connectivity index (χ4v) is 4.05. The summed E-state index contributed by atoms with van der Waals surface area (Å²) < 4.78 is 5.38. The molecule has 2 rings (SSSR count). The van der Waals surface area contributed by atoms with Crippen LogP contribution in [-0.2, 0) is 0 Å². The number of rotatable bonds is 12. The molecule has 1 aromatic rings. The maximum absolute atomic E-state index is 12.2. The first-order valence-electron chi connectivity index (χ1n) is 11.1. The molecule has 0 radical (unpaired) electrons. The topological polar surface area (TPSA) is 61.8 Å². The standard InChI is InChI=1S/C23H37ClN2O3/c1-26(23(28)29-22-11-9-21(24)10-12-22)17-14-20-7-5-19(6-8-20)13-16-25-15-3-2-4-18-27/h9-12,19-20,25,27H,2-8,13-18H2,1H3. The van der Waals surface area contributed by atoms with E-state index in [0.29, 0.717) is 23.3 Å². The number of aliphatic hydroxyl groups is 1. The molecule has 0 saturated heterocycles. The average Bonchev–Trinajstić information content (AvgIpc) is 2.73. The second kappa shape index (κ2) is 13.8. The summed E-state index contributed by atoms with van der Waals surface area (Å²) in [6, 6.07) is 6.85. The molecule has 1 saturated carbocycles. The molecule has 0 aromatic heterocycles. The Labute approximate surface area is 180 Å². The molecule has 0 bridgehead atoms. The van der Waals surface area contributed by atoms with Crippen molar-refractivity contribution in [1.82, 2.24) is 10.2 Å². The molecule has 1 aliphatic rings. The van der Waals surface area contributed by atoms with Gasteiger partial charge < -0.3 is 20.1 Å². The summed E-state index contributed by atoms with van der Waals surface area (Å²) in [6.07, 6.45) is 10.3. The van der Waals surface area contributed by atoms with Crippen LogP contribution in [-0.4, -0.2) is 49.4 Å². The molecule has 1 aliphatic carbocycles. The Hall–Kier alpha value is -1.30. The maximum Gasteiger partial charge on any atom is 0.414 e. The highest BCUT2D eigenvalue weighted by atomic mass is 35.5. The van der Waals surface area contributed by atoms with Gasteiger partial charge in [-0.15, -0.1) is 0 Å². The third-order valence-electron chi connectivity index (χ3n) is 5.91. The summed E-state index contributed by atoms with van der Waals surface area (Å²) in [5, 5.41) is 12.9. The number of unbranched alkanes of at least 4 members (excludes halogenated alkanes) is 2. The van der Waals surface area contributed by atoms with Crippen LogP contribution in [0.5, 0.6) is 5.75 Å². The van der Waals surface area contributed by atoms with Gasteiger partial charge in [-0.3, -0.25) is 0 Å². The highest BCUT2D eigenvalue weighted by Gasteiger charge is 2.22. The number of carbonyl (C=O) groups excluding carboxylic acids is 1. The van der Waals surface area contributed by atoms with Crippen LogP contribution in [0.4, 0.5) is 4.79 Å². The lowest BCUT2D eigenvalue weighted by molar-refractivity contribution is 0.156. The van der Waals surface area contributed by atoms with Crippen molar-refractivity contribution in [2.24, 2.45) is 11.8 Å². The van der Waals surface area contributed by atoms with E-state index in [1.807, 2.05) is 0 Å². The molecule has 29 heavy (non-hydrogen) atoms. The van der Waals surface area contributed by atoms with Gasteiger partial charge in [-0.1, -0.05) is 37.3 Å². The second-order valence-corrected chi connectivity index (χ2v) is 8.68. The van der Waals surface area contributed by atoms with Crippen LogP contribution in [0.1, 0.15) is 57.8 Å². The van der Waals surface area contributed by atoms with E-state index >= 15 is 0 Å². The summed E-state index contributed by atoms with van der Waals surface area (Å²) in [4.78, 5) is 13.9. The highest BCUT2D eigenvalue weighted by molar-refractivity contribution is 6.30. The first-order valence-corrected chi connectivity index (χ1v) is 11.5. The number of amides is 1. The molecule has 0 unspecified atom stereocenters. The Bertz CT molecular complexity index is 574. The van der Waals surface area contributed by atoms with Crippen LogP contribution in [0.15, 0.2) is 24.3 Å². The molecule has 1 amide bonds. The zero-order valence-electron chi connectivity index (χ0n) is 17.7. The summed E-state index contributed by atoms with van der Waals surface area (Å²) in [7, 11) is 1.80. The Morgan fingerprint density at radius 2 is 1.72 bits per heavy atom. The van der Waals surface area contributed by atoms with Crippen molar-refractivity contribution in [3.05, 3.63) is 29.3 Å². The number of nitrogens with zero attached hydrogens (tertiary/aromatic N) is 1. The fourth-order valence-electron chi connectivity index (χ4n) is 3.93. The lowest BCUT2D eigenvalue weighted by Crippen LogP contribution is -2.32. The van der Waals surface area contributed by atoms with Crippen LogP contribution in [0.2, 0.25) is 5.02 Å². The van der Waals surface area contributed by atoms with Gasteiger partial charge in [-0.05, 0) is 81.3 Å². The number of hydrogen-bond acceptors (Lipinski definition) is 4.